The molecule has 0 aliphatic rings. The van der Waals surface area contributed by atoms with Crippen molar-refractivity contribution in [3.63, 3.8) is 0 Å². The third-order valence-corrected chi connectivity index (χ3v) is 6.93. The van der Waals surface area contributed by atoms with E-state index >= 15 is 0 Å². The molecule has 13 heteroatoms. The molecular weight excluding hydrogens is 664 g/mol. The number of rotatable bonds is 42. The topological polar surface area (TPSA) is 128 Å². The number of carbonyl (C=O) groups excluding carboxylic acids is 1. The Kier molecular flexibility index (Phi) is 37.3. The molecule has 51 heavy (non-hydrogen) atoms. The van der Waals surface area contributed by atoms with E-state index in [4.69, 9.17) is 56.8 Å². The zero-order chi connectivity index (χ0) is 36.4. The summed E-state index contributed by atoms with van der Waals surface area (Å²) in [6.07, 6.45) is 9.58. The van der Waals surface area contributed by atoms with E-state index in [1.165, 1.54) is 32.1 Å². The van der Waals surface area contributed by atoms with Crippen LogP contribution >= 0.6 is 0 Å². The van der Waals surface area contributed by atoms with Gasteiger partial charge in [-0.3, -0.25) is 0 Å². The molecule has 1 aromatic rings. The number of carbonyl (C=O) groups is 1. The molecule has 0 aliphatic heterocycles. The molecule has 0 heterocycles. The highest BCUT2D eigenvalue weighted by molar-refractivity contribution is 5.81. The van der Waals surface area contributed by atoms with Crippen LogP contribution in [0.1, 0.15) is 44.9 Å². The Hall–Kier alpha value is -2.17. The van der Waals surface area contributed by atoms with E-state index in [0.717, 1.165) is 37.9 Å². The van der Waals surface area contributed by atoms with Crippen LogP contribution in [0.2, 0.25) is 0 Å². The van der Waals surface area contributed by atoms with Gasteiger partial charge in [0.05, 0.1) is 132 Å². The van der Waals surface area contributed by atoms with E-state index in [1.807, 2.05) is 30.3 Å². The highest BCUT2D eigenvalue weighted by Crippen LogP contribution is 2.11. The van der Waals surface area contributed by atoms with Gasteiger partial charge >= 0.3 is 5.97 Å². The SMILES string of the molecule is C=CC(=O)OCCOCCOCCOCCOCCOCCOCCOCCOCCOCCOCCCCCCCCCOc1ccccc1. The number of hydrogen-bond acceptors (Lipinski definition) is 13. The molecule has 0 spiro atoms. The maximum absolute atomic E-state index is 10.9. The summed E-state index contributed by atoms with van der Waals surface area (Å²) in [5.41, 5.74) is 0. The predicted octanol–water partition coefficient (Wildman–Crippen LogP) is 4.69. The van der Waals surface area contributed by atoms with Gasteiger partial charge in [-0.05, 0) is 25.0 Å². The van der Waals surface area contributed by atoms with Crippen LogP contribution in [0, 0.1) is 0 Å². The molecule has 0 bridgehead atoms. The second kappa shape index (κ2) is 40.6. The molecule has 0 amide bonds. The van der Waals surface area contributed by atoms with Crippen LogP contribution in [0.4, 0.5) is 0 Å². The van der Waals surface area contributed by atoms with E-state index in [1.54, 1.807) is 0 Å². The summed E-state index contributed by atoms with van der Waals surface area (Å²) in [5.74, 6) is 0.500. The Labute approximate surface area is 306 Å². The Morgan fingerprint density at radius 3 is 1.04 bits per heavy atom. The second-order valence-corrected chi connectivity index (χ2v) is 11.1. The third kappa shape index (κ3) is 37.4. The first-order valence-electron chi connectivity index (χ1n) is 18.6. The summed E-state index contributed by atoms with van der Waals surface area (Å²) in [4.78, 5) is 10.9. The smallest absolute Gasteiger partial charge is 0.330 e. The number of para-hydroxylation sites is 1. The van der Waals surface area contributed by atoms with Gasteiger partial charge in [-0.1, -0.05) is 56.9 Å². The van der Waals surface area contributed by atoms with Crippen molar-refractivity contribution < 1.29 is 61.6 Å². The maximum Gasteiger partial charge on any atom is 0.330 e. The quantitative estimate of drug-likeness (QED) is 0.0525. The van der Waals surface area contributed by atoms with Gasteiger partial charge in [0.25, 0.3) is 0 Å². The van der Waals surface area contributed by atoms with Crippen molar-refractivity contribution in [3.05, 3.63) is 43.0 Å². The minimum Gasteiger partial charge on any atom is -0.494 e. The number of unbranched alkanes of at least 4 members (excludes halogenated alkanes) is 6. The molecule has 0 atom stereocenters. The lowest BCUT2D eigenvalue weighted by Gasteiger charge is -2.09. The number of hydrogen-bond donors (Lipinski definition) is 0. The molecule has 296 valence electrons. The summed E-state index contributed by atoms with van der Waals surface area (Å²) in [6, 6.07) is 10.0. The van der Waals surface area contributed by atoms with Crippen molar-refractivity contribution in [3.8, 4) is 5.75 Å². The van der Waals surface area contributed by atoms with E-state index in [-0.39, 0.29) is 6.61 Å². The van der Waals surface area contributed by atoms with E-state index in [2.05, 4.69) is 6.58 Å². The van der Waals surface area contributed by atoms with E-state index in [9.17, 15) is 4.79 Å². The standard InChI is InChI=1S/C38H66O13/c1-2-38(39)51-36-35-49-34-33-48-32-31-47-30-29-46-28-27-45-26-25-44-24-23-43-22-21-42-20-19-41-18-17-40-15-11-6-4-3-5-7-12-16-50-37-13-9-8-10-14-37/h2,8-10,13-14H,1,3-7,11-12,15-36H2. The number of ether oxygens (including phenoxy) is 12. The van der Waals surface area contributed by atoms with Crippen molar-refractivity contribution in [2.75, 3.05) is 145 Å². The van der Waals surface area contributed by atoms with Crippen molar-refractivity contribution in [1.29, 1.82) is 0 Å². The summed E-state index contributed by atoms with van der Waals surface area (Å²) < 4.78 is 65.3. The lowest BCUT2D eigenvalue weighted by Crippen LogP contribution is -2.15. The normalized spacial score (nSPS) is 11.2. The summed E-state index contributed by atoms with van der Waals surface area (Å²) >= 11 is 0. The van der Waals surface area contributed by atoms with Crippen LogP contribution in [0.15, 0.2) is 43.0 Å². The Morgan fingerprint density at radius 1 is 0.392 bits per heavy atom. The lowest BCUT2D eigenvalue weighted by molar-refractivity contribution is -0.139. The van der Waals surface area contributed by atoms with Crippen molar-refractivity contribution >= 4 is 5.97 Å². The van der Waals surface area contributed by atoms with Crippen LogP contribution in [0.5, 0.6) is 5.75 Å². The monoisotopic (exact) mass is 730 g/mol. The highest BCUT2D eigenvalue weighted by atomic mass is 16.6. The second-order valence-electron chi connectivity index (χ2n) is 11.1. The van der Waals surface area contributed by atoms with Crippen molar-refractivity contribution in [1.82, 2.24) is 0 Å². The molecular formula is C38H66O13. The lowest BCUT2D eigenvalue weighted by atomic mass is 10.1. The van der Waals surface area contributed by atoms with Crippen molar-refractivity contribution in [2.24, 2.45) is 0 Å². The van der Waals surface area contributed by atoms with E-state index < -0.39 is 5.97 Å². The number of benzene rings is 1. The molecule has 1 rings (SSSR count). The zero-order valence-corrected chi connectivity index (χ0v) is 31.0. The molecule has 1 aromatic carbocycles. The van der Waals surface area contributed by atoms with Gasteiger partial charge in [0.2, 0.25) is 0 Å². The van der Waals surface area contributed by atoms with Gasteiger partial charge in [-0.15, -0.1) is 0 Å². The van der Waals surface area contributed by atoms with Crippen LogP contribution < -0.4 is 4.74 Å². The molecule has 0 N–H and O–H groups in total. The molecule has 13 nitrogen and oxygen atoms in total. The number of esters is 1. The van der Waals surface area contributed by atoms with Gasteiger partial charge in [0.15, 0.2) is 0 Å². The van der Waals surface area contributed by atoms with Crippen molar-refractivity contribution in [2.45, 2.75) is 44.9 Å². The fourth-order valence-electron chi connectivity index (χ4n) is 4.24. The van der Waals surface area contributed by atoms with Gasteiger partial charge in [-0.25, -0.2) is 4.79 Å². The fraction of sp³-hybridized carbons (Fsp3) is 0.763. The Balaban J connectivity index is 1.61. The van der Waals surface area contributed by atoms with Crippen LogP contribution in [-0.2, 0) is 56.9 Å². The average Bonchev–Trinajstić information content (AvgIpc) is 3.15. The maximum atomic E-state index is 10.9. The highest BCUT2D eigenvalue weighted by Gasteiger charge is 1.98. The fourth-order valence-corrected chi connectivity index (χ4v) is 4.24. The van der Waals surface area contributed by atoms with Gasteiger partial charge < -0.3 is 56.8 Å². The van der Waals surface area contributed by atoms with Crippen LogP contribution in [-0.4, -0.2) is 151 Å². The first-order chi connectivity index (χ1) is 25.3. The van der Waals surface area contributed by atoms with Gasteiger partial charge in [0.1, 0.15) is 12.4 Å². The minimum atomic E-state index is -0.458. The van der Waals surface area contributed by atoms with Gasteiger partial charge in [-0.2, -0.15) is 0 Å². The van der Waals surface area contributed by atoms with Crippen LogP contribution in [0.3, 0.4) is 0 Å². The third-order valence-electron chi connectivity index (χ3n) is 6.93. The summed E-state index contributed by atoms with van der Waals surface area (Å²) in [5, 5.41) is 0. The molecule has 0 aromatic heterocycles. The predicted molar refractivity (Wildman–Crippen MR) is 194 cm³/mol. The first kappa shape index (κ1) is 46.9. The van der Waals surface area contributed by atoms with Gasteiger partial charge in [0, 0.05) is 12.7 Å². The molecule has 0 unspecified atom stereocenters. The summed E-state index contributed by atoms with van der Waals surface area (Å²) in [7, 11) is 0. The molecule has 0 saturated heterocycles. The average molecular weight is 731 g/mol. The molecule has 0 saturated carbocycles. The van der Waals surface area contributed by atoms with Crippen LogP contribution in [0.25, 0.3) is 0 Å². The zero-order valence-electron chi connectivity index (χ0n) is 31.0. The molecule has 0 fully saturated rings. The summed E-state index contributed by atoms with van der Waals surface area (Å²) in [6.45, 7) is 14.6. The Bertz CT molecular complexity index is 846. The minimum absolute atomic E-state index is 0.199. The largest absolute Gasteiger partial charge is 0.494 e. The van der Waals surface area contributed by atoms with E-state index in [0.29, 0.717) is 126 Å². The molecule has 0 aliphatic carbocycles. The Morgan fingerprint density at radius 2 is 0.686 bits per heavy atom. The molecule has 0 radical (unpaired) electrons. The first-order valence-corrected chi connectivity index (χ1v) is 18.6.